The maximum absolute atomic E-state index is 13.0. The first-order valence-corrected chi connectivity index (χ1v) is 5.72. The van der Waals surface area contributed by atoms with Crippen molar-refractivity contribution >= 4 is 11.8 Å². The van der Waals surface area contributed by atoms with Gasteiger partial charge in [0.25, 0.3) is 0 Å². The van der Waals surface area contributed by atoms with E-state index < -0.39 is 11.8 Å². The Bertz CT molecular complexity index is 617. The highest BCUT2D eigenvalue weighted by atomic mass is 19.1. The molecular weight excluding hydrogens is 265 g/mol. The molecule has 0 aliphatic rings. The van der Waals surface area contributed by atoms with Gasteiger partial charge < -0.3 is 15.2 Å². The van der Waals surface area contributed by atoms with Gasteiger partial charge in [-0.05, 0) is 11.6 Å². The van der Waals surface area contributed by atoms with E-state index in [1.807, 2.05) is 0 Å². The molecule has 2 heterocycles. The zero-order chi connectivity index (χ0) is 14.5. The molecule has 2 aromatic heterocycles. The normalized spacial score (nSPS) is 10.1. The fourth-order valence-electron chi connectivity index (χ4n) is 1.57. The number of carboxylic acid groups (broad SMARTS) is 1. The van der Waals surface area contributed by atoms with E-state index in [1.54, 1.807) is 18.3 Å². The van der Waals surface area contributed by atoms with Crippen LogP contribution in [0.3, 0.4) is 0 Å². The molecule has 0 unspecified atom stereocenters. The predicted molar refractivity (Wildman–Crippen MR) is 69.3 cm³/mol. The van der Waals surface area contributed by atoms with E-state index in [0.717, 1.165) is 17.8 Å². The standard InChI is InChI=1S/C13H12FN3O3/c1-20-11-3-2-8(5-15-11)6-16-12-10(13(18)19)4-9(14)7-17-12/h2-5,7H,6H2,1H3,(H,16,17)(H,18,19). The average Bonchev–Trinajstić information content (AvgIpc) is 2.46. The molecule has 0 fully saturated rings. The van der Waals surface area contributed by atoms with Crippen molar-refractivity contribution in [1.29, 1.82) is 0 Å². The van der Waals surface area contributed by atoms with Crippen LogP contribution < -0.4 is 10.1 Å². The lowest BCUT2D eigenvalue weighted by atomic mass is 10.2. The van der Waals surface area contributed by atoms with Crippen LogP contribution in [0.4, 0.5) is 10.2 Å². The van der Waals surface area contributed by atoms with Crippen molar-refractivity contribution in [2.24, 2.45) is 0 Å². The van der Waals surface area contributed by atoms with Crippen LogP contribution in [0.1, 0.15) is 15.9 Å². The van der Waals surface area contributed by atoms with Gasteiger partial charge in [-0.1, -0.05) is 6.07 Å². The molecule has 0 saturated carbocycles. The zero-order valence-electron chi connectivity index (χ0n) is 10.6. The Hall–Kier alpha value is -2.70. The number of carbonyl (C=O) groups is 1. The molecule has 0 amide bonds. The number of ether oxygens (including phenoxy) is 1. The van der Waals surface area contributed by atoms with Crippen molar-refractivity contribution in [2.75, 3.05) is 12.4 Å². The summed E-state index contributed by atoms with van der Waals surface area (Å²) in [6.45, 7) is 0.315. The van der Waals surface area contributed by atoms with Gasteiger partial charge in [0.1, 0.15) is 17.2 Å². The second kappa shape index (κ2) is 5.96. The van der Waals surface area contributed by atoms with Crippen LogP contribution in [0, 0.1) is 5.82 Å². The number of hydrogen-bond acceptors (Lipinski definition) is 5. The lowest BCUT2D eigenvalue weighted by molar-refractivity contribution is 0.0697. The van der Waals surface area contributed by atoms with Crippen LogP contribution >= 0.6 is 0 Å². The Morgan fingerprint density at radius 1 is 1.40 bits per heavy atom. The summed E-state index contributed by atoms with van der Waals surface area (Å²) in [5.74, 6) is -1.35. The quantitative estimate of drug-likeness (QED) is 0.868. The molecule has 2 aromatic rings. The molecule has 6 nitrogen and oxygen atoms in total. The van der Waals surface area contributed by atoms with E-state index in [1.165, 1.54) is 7.11 Å². The summed E-state index contributed by atoms with van der Waals surface area (Å²) in [6, 6.07) is 4.39. The van der Waals surface area contributed by atoms with E-state index in [0.29, 0.717) is 12.4 Å². The number of carboxylic acids is 1. The highest BCUT2D eigenvalue weighted by molar-refractivity contribution is 5.93. The number of methoxy groups -OCH3 is 1. The number of nitrogens with zero attached hydrogens (tertiary/aromatic N) is 2. The highest BCUT2D eigenvalue weighted by Crippen LogP contribution is 2.15. The van der Waals surface area contributed by atoms with Gasteiger partial charge in [-0.25, -0.2) is 19.2 Å². The number of pyridine rings is 2. The minimum Gasteiger partial charge on any atom is -0.481 e. The lowest BCUT2D eigenvalue weighted by Crippen LogP contribution is -2.09. The number of nitrogens with one attached hydrogen (secondary N) is 1. The van der Waals surface area contributed by atoms with Crippen molar-refractivity contribution in [1.82, 2.24) is 9.97 Å². The van der Waals surface area contributed by atoms with Crippen molar-refractivity contribution < 1.29 is 19.0 Å². The third kappa shape index (κ3) is 3.19. The van der Waals surface area contributed by atoms with Gasteiger partial charge in [0.15, 0.2) is 0 Å². The number of anilines is 1. The van der Waals surface area contributed by atoms with Crippen molar-refractivity contribution in [3.63, 3.8) is 0 Å². The summed E-state index contributed by atoms with van der Waals surface area (Å²) in [7, 11) is 1.52. The summed E-state index contributed by atoms with van der Waals surface area (Å²) in [4.78, 5) is 18.8. The number of halogens is 1. The zero-order valence-corrected chi connectivity index (χ0v) is 10.6. The van der Waals surface area contributed by atoms with E-state index in [4.69, 9.17) is 9.84 Å². The average molecular weight is 277 g/mol. The van der Waals surface area contributed by atoms with Gasteiger partial charge in [-0.15, -0.1) is 0 Å². The Morgan fingerprint density at radius 3 is 2.80 bits per heavy atom. The Morgan fingerprint density at radius 2 is 2.20 bits per heavy atom. The number of hydrogen-bond donors (Lipinski definition) is 2. The molecule has 0 radical (unpaired) electrons. The summed E-state index contributed by atoms with van der Waals surface area (Å²) >= 11 is 0. The molecule has 7 heteroatoms. The molecule has 0 bridgehead atoms. The smallest absolute Gasteiger partial charge is 0.339 e. The first-order valence-electron chi connectivity index (χ1n) is 5.72. The van der Waals surface area contributed by atoms with Crippen molar-refractivity contribution in [3.05, 3.63) is 47.5 Å². The number of rotatable bonds is 5. The van der Waals surface area contributed by atoms with E-state index >= 15 is 0 Å². The maximum atomic E-state index is 13.0. The molecule has 2 rings (SSSR count). The van der Waals surface area contributed by atoms with E-state index in [2.05, 4.69) is 15.3 Å². The van der Waals surface area contributed by atoms with Gasteiger partial charge in [0, 0.05) is 18.8 Å². The first-order chi connectivity index (χ1) is 9.60. The van der Waals surface area contributed by atoms with Crippen molar-refractivity contribution in [2.45, 2.75) is 6.54 Å². The molecule has 0 aromatic carbocycles. The molecule has 2 N–H and O–H groups in total. The lowest BCUT2D eigenvalue weighted by Gasteiger charge is -2.08. The topological polar surface area (TPSA) is 84.3 Å². The van der Waals surface area contributed by atoms with Gasteiger partial charge >= 0.3 is 5.97 Å². The van der Waals surface area contributed by atoms with Crippen LogP contribution in [-0.2, 0) is 6.54 Å². The largest absolute Gasteiger partial charge is 0.481 e. The fourth-order valence-corrected chi connectivity index (χ4v) is 1.57. The third-order valence-electron chi connectivity index (χ3n) is 2.55. The van der Waals surface area contributed by atoms with Crippen LogP contribution in [-0.4, -0.2) is 28.2 Å². The van der Waals surface area contributed by atoms with Crippen LogP contribution in [0.2, 0.25) is 0 Å². The molecular formula is C13H12FN3O3. The van der Waals surface area contributed by atoms with Gasteiger partial charge in [0.2, 0.25) is 5.88 Å². The molecule has 0 saturated heterocycles. The molecule has 0 spiro atoms. The Labute approximate surface area is 114 Å². The Balaban J connectivity index is 2.12. The molecule has 20 heavy (non-hydrogen) atoms. The van der Waals surface area contributed by atoms with E-state index in [-0.39, 0.29) is 11.4 Å². The second-order valence-electron chi connectivity index (χ2n) is 3.92. The van der Waals surface area contributed by atoms with Gasteiger partial charge in [-0.2, -0.15) is 0 Å². The van der Waals surface area contributed by atoms with Crippen molar-refractivity contribution in [3.8, 4) is 5.88 Å². The SMILES string of the molecule is COc1ccc(CNc2ncc(F)cc2C(=O)O)cn1. The maximum Gasteiger partial charge on any atom is 0.339 e. The third-order valence-corrected chi connectivity index (χ3v) is 2.55. The first kappa shape index (κ1) is 13.7. The summed E-state index contributed by atoms with van der Waals surface area (Å²) in [6.07, 6.45) is 2.55. The predicted octanol–water partition coefficient (Wildman–Crippen LogP) is 1.93. The number of aromatic carboxylic acids is 1. The number of aromatic nitrogens is 2. The Kier molecular flexibility index (Phi) is 4.09. The highest BCUT2D eigenvalue weighted by Gasteiger charge is 2.12. The molecule has 0 atom stereocenters. The minimum atomic E-state index is -1.24. The molecule has 0 aliphatic carbocycles. The van der Waals surface area contributed by atoms with Gasteiger partial charge in [-0.3, -0.25) is 0 Å². The minimum absolute atomic E-state index is 0.106. The van der Waals surface area contributed by atoms with Crippen LogP contribution in [0.15, 0.2) is 30.6 Å². The fraction of sp³-hybridized carbons (Fsp3) is 0.154. The van der Waals surface area contributed by atoms with Crippen LogP contribution in [0.25, 0.3) is 0 Å². The molecule has 104 valence electrons. The van der Waals surface area contributed by atoms with E-state index in [9.17, 15) is 9.18 Å². The summed E-state index contributed by atoms with van der Waals surface area (Å²) in [5.41, 5.74) is 0.597. The van der Waals surface area contributed by atoms with Crippen LogP contribution in [0.5, 0.6) is 5.88 Å². The molecule has 0 aliphatic heterocycles. The summed E-state index contributed by atoms with van der Waals surface area (Å²) in [5, 5.41) is 11.8. The monoisotopic (exact) mass is 277 g/mol. The van der Waals surface area contributed by atoms with Gasteiger partial charge in [0.05, 0.1) is 13.3 Å². The summed E-state index contributed by atoms with van der Waals surface area (Å²) < 4.78 is 17.9. The second-order valence-corrected chi connectivity index (χ2v) is 3.92.